The van der Waals surface area contributed by atoms with Gasteiger partial charge >= 0.3 is 0 Å². The van der Waals surface area contributed by atoms with Gasteiger partial charge in [0.2, 0.25) is 10.0 Å². The molecule has 0 radical (unpaired) electrons. The largest absolute Gasteiger partial charge is 0.399 e. The Kier molecular flexibility index (Phi) is 4.18. The van der Waals surface area contributed by atoms with Crippen LogP contribution in [0, 0.1) is 0 Å². The van der Waals surface area contributed by atoms with Crippen LogP contribution in [-0.2, 0) is 22.3 Å². The highest BCUT2D eigenvalue weighted by Crippen LogP contribution is 2.09. The van der Waals surface area contributed by atoms with E-state index in [0.717, 1.165) is 0 Å². The molecule has 3 N–H and O–H groups in total. The van der Waals surface area contributed by atoms with Crippen molar-refractivity contribution in [3.05, 3.63) is 48.5 Å². The van der Waals surface area contributed by atoms with Crippen molar-refractivity contribution in [1.29, 1.82) is 0 Å². The number of imidazole rings is 1. The van der Waals surface area contributed by atoms with Crippen LogP contribution < -0.4 is 10.5 Å². The smallest absolute Gasteiger partial charge is 0.215 e. The summed E-state index contributed by atoms with van der Waals surface area (Å²) in [4.78, 5) is 3.89. The summed E-state index contributed by atoms with van der Waals surface area (Å²) >= 11 is 0. The van der Waals surface area contributed by atoms with E-state index in [9.17, 15) is 8.42 Å². The number of nitrogens with zero attached hydrogens (tertiary/aromatic N) is 2. The minimum atomic E-state index is -3.34. The van der Waals surface area contributed by atoms with Crippen molar-refractivity contribution < 1.29 is 8.42 Å². The maximum Gasteiger partial charge on any atom is 0.215 e. The molecule has 0 aliphatic carbocycles. The van der Waals surface area contributed by atoms with Crippen LogP contribution in [0.4, 0.5) is 5.69 Å². The summed E-state index contributed by atoms with van der Waals surface area (Å²) in [5, 5.41) is 0. The molecular weight excluding hydrogens is 264 g/mol. The van der Waals surface area contributed by atoms with Crippen LogP contribution in [0.5, 0.6) is 0 Å². The van der Waals surface area contributed by atoms with Gasteiger partial charge in [0.15, 0.2) is 0 Å². The van der Waals surface area contributed by atoms with Gasteiger partial charge in [-0.2, -0.15) is 0 Å². The fourth-order valence-electron chi connectivity index (χ4n) is 1.70. The van der Waals surface area contributed by atoms with Gasteiger partial charge in [-0.25, -0.2) is 18.1 Å². The lowest BCUT2D eigenvalue weighted by molar-refractivity contribution is 0.572. The van der Waals surface area contributed by atoms with Crippen molar-refractivity contribution in [2.45, 2.75) is 12.3 Å². The third kappa shape index (κ3) is 4.38. The Bertz CT molecular complexity index is 623. The molecule has 0 aliphatic rings. The zero-order chi connectivity index (χ0) is 13.7. The van der Waals surface area contributed by atoms with Crippen LogP contribution in [-0.4, -0.2) is 24.5 Å². The fourth-order valence-corrected chi connectivity index (χ4v) is 2.83. The molecule has 2 aromatic rings. The molecule has 0 bridgehead atoms. The number of anilines is 1. The fraction of sp³-hybridized carbons (Fsp3) is 0.250. The Morgan fingerprint density at radius 1 is 1.37 bits per heavy atom. The molecule has 0 aliphatic heterocycles. The number of nitrogens with one attached hydrogen (secondary N) is 1. The van der Waals surface area contributed by atoms with Gasteiger partial charge in [-0.05, 0) is 17.7 Å². The summed E-state index contributed by atoms with van der Waals surface area (Å²) in [5.41, 5.74) is 6.85. The Balaban J connectivity index is 1.88. The number of hydrogen-bond acceptors (Lipinski definition) is 4. The van der Waals surface area contributed by atoms with Crippen molar-refractivity contribution in [2.75, 3.05) is 12.3 Å². The molecule has 0 amide bonds. The monoisotopic (exact) mass is 280 g/mol. The first-order valence-corrected chi connectivity index (χ1v) is 7.48. The number of rotatable bonds is 6. The second-order valence-corrected chi connectivity index (χ2v) is 6.01. The van der Waals surface area contributed by atoms with Gasteiger partial charge in [-0.3, -0.25) is 0 Å². The van der Waals surface area contributed by atoms with E-state index in [1.165, 1.54) is 0 Å². The lowest BCUT2D eigenvalue weighted by Gasteiger charge is -2.07. The molecule has 0 unspecified atom stereocenters. The number of benzene rings is 1. The number of sulfonamides is 1. The van der Waals surface area contributed by atoms with Gasteiger partial charge in [0.1, 0.15) is 0 Å². The molecule has 0 spiro atoms. The molecule has 1 aromatic heterocycles. The van der Waals surface area contributed by atoms with E-state index in [0.29, 0.717) is 24.3 Å². The summed E-state index contributed by atoms with van der Waals surface area (Å²) in [6, 6.07) is 6.87. The molecular formula is C12H16N4O2S. The molecule has 6 nitrogen and oxygen atoms in total. The molecule has 0 saturated heterocycles. The van der Waals surface area contributed by atoms with Gasteiger partial charge < -0.3 is 10.3 Å². The normalized spacial score (nSPS) is 11.6. The zero-order valence-electron chi connectivity index (χ0n) is 10.4. The molecule has 1 heterocycles. The van der Waals surface area contributed by atoms with Crippen LogP contribution in [0.3, 0.4) is 0 Å². The Hall–Kier alpha value is -1.86. The average Bonchev–Trinajstić information content (AvgIpc) is 2.81. The third-order valence-corrected chi connectivity index (χ3v) is 3.92. The SMILES string of the molecule is Nc1cccc(CS(=O)(=O)NCCn2ccnc2)c1. The van der Waals surface area contributed by atoms with Gasteiger partial charge in [0, 0.05) is 31.2 Å². The van der Waals surface area contributed by atoms with E-state index in [-0.39, 0.29) is 5.75 Å². The number of aromatic nitrogens is 2. The number of hydrogen-bond donors (Lipinski definition) is 2. The quantitative estimate of drug-likeness (QED) is 0.758. The molecule has 0 atom stereocenters. The maximum atomic E-state index is 11.9. The molecule has 102 valence electrons. The Labute approximate surface area is 112 Å². The van der Waals surface area contributed by atoms with Crippen LogP contribution in [0.2, 0.25) is 0 Å². The second-order valence-electron chi connectivity index (χ2n) is 4.20. The third-order valence-electron chi connectivity index (χ3n) is 2.56. The lowest BCUT2D eigenvalue weighted by Crippen LogP contribution is -2.28. The van der Waals surface area contributed by atoms with Crippen LogP contribution in [0.1, 0.15) is 5.56 Å². The maximum absolute atomic E-state index is 11.9. The molecule has 1 aromatic carbocycles. The first kappa shape index (κ1) is 13.6. The highest BCUT2D eigenvalue weighted by molar-refractivity contribution is 7.88. The number of nitrogens with two attached hydrogens (primary N) is 1. The van der Waals surface area contributed by atoms with Crippen molar-refractivity contribution in [1.82, 2.24) is 14.3 Å². The van der Waals surface area contributed by atoms with Crippen LogP contribution in [0.15, 0.2) is 43.0 Å². The average molecular weight is 280 g/mol. The Morgan fingerprint density at radius 3 is 2.89 bits per heavy atom. The highest BCUT2D eigenvalue weighted by atomic mass is 32.2. The summed E-state index contributed by atoms with van der Waals surface area (Å²) in [6.45, 7) is 0.886. The minimum absolute atomic E-state index is 0.0675. The van der Waals surface area contributed by atoms with Gasteiger partial charge in [0.25, 0.3) is 0 Å². The van der Waals surface area contributed by atoms with Gasteiger partial charge in [-0.1, -0.05) is 12.1 Å². The first-order chi connectivity index (χ1) is 9.05. The van der Waals surface area contributed by atoms with E-state index >= 15 is 0 Å². The molecule has 0 fully saturated rings. The molecule has 19 heavy (non-hydrogen) atoms. The first-order valence-electron chi connectivity index (χ1n) is 5.83. The standard InChI is InChI=1S/C12H16N4O2S/c13-12-3-1-2-11(8-12)9-19(17,18)15-5-7-16-6-4-14-10-16/h1-4,6,8,10,15H,5,7,9,13H2. The van der Waals surface area contributed by atoms with E-state index in [1.54, 1.807) is 43.0 Å². The summed E-state index contributed by atoms with van der Waals surface area (Å²) in [7, 11) is -3.34. The van der Waals surface area contributed by atoms with Crippen LogP contribution >= 0.6 is 0 Å². The predicted molar refractivity (Wildman–Crippen MR) is 73.7 cm³/mol. The Morgan fingerprint density at radius 2 is 2.21 bits per heavy atom. The molecule has 7 heteroatoms. The van der Waals surface area contributed by atoms with Crippen molar-refractivity contribution in [2.24, 2.45) is 0 Å². The van der Waals surface area contributed by atoms with E-state index < -0.39 is 10.0 Å². The van der Waals surface area contributed by atoms with Crippen molar-refractivity contribution >= 4 is 15.7 Å². The van der Waals surface area contributed by atoms with Crippen molar-refractivity contribution in [3.8, 4) is 0 Å². The molecule has 2 rings (SSSR count). The topological polar surface area (TPSA) is 90.0 Å². The van der Waals surface area contributed by atoms with Gasteiger partial charge in [0.05, 0.1) is 12.1 Å². The molecule has 0 saturated carbocycles. The number of nitrogen functional groups attached to an aromatic ring is 1. The highest BCUT2D eigenvalue weighted by Gasteiger charge is 2.10. The summed E-state index contributed by atoms with van der Waals surface area (Å²) in [5.74, 6) is -0.0675. The van der Waals surface area contributed by atoms with Crippen molar-refractivity contribution in [3.63, 3.8) is 0 Å². The van der Waals surface area contributed by atoms with E-state index in [2.05, 4.69) is 9.71 Å². The summed E-state index contributed by atoms with van der Waals surface area (Å²) < 4.78 is 28.1. The second kappa shape index (κ2) is 5.85. The van der Waals surface area contributed by atoms with E-state index in [4.69, 9.17) is 5.73 Å². The lowest BCUT2D eigenvalue weighted by atomic mass is 10.2. The summed E-state index contributed by atoms with van der Waals surface area (Å²) in [6.07, 6.45) is 5.08. The van der Waals surface area contributed by atoms with Crippen LogP contribution in [0.25, 0.3) is 0 Å². The van der Waals surface area contributed by atoms with E-state index in [1.807, 2.05) is 4.57 Å². The zero-order valence-corrected chi connectivity index (χ0v) is 11.2. The predicted octanol–water partition coefficient (Wildman–Crippen LogP) is 0.585. The minimum Gasteiger partial charge on any atom is -0.399 e. The van der Waals surface area contributed by atoms with Gasteiger partial charge in [-0.15, -0.1) is 0 Å².